The van der Waals surface area contributed by atoms with Gasteiger partial charge in [0.15, 0.2) is 0 Å². The molecule has 1 aliphatic carbocycles. The van der Waals surface area contributed by atoms with E-state index in [1.165, 1.54) is 19.3 Å². The molecule has 18 heavy (non-hydrogen) atoms. The van der Waals surface area contributed by atoms with Crippen LogP contribution in [0.15, 0.2) is 0 Å². The first-order valence-corrected chi connectivity index (χ1v) is 8.89. The molecule has 1 saturated carbocycles. The SMILES string of the molecule is CCNCCCCS(=O)(=O)N(CC)CC1CCC1. The van der Waals surface area contributed by atoms with Gasteiger partial charge in [0.05, 0.1) is 5.75 Å². The summed E-state index contributed by atoms with van der Waals surface area (Å²) in [5, 5.41) is 3.22. The van der Waals surface area contributed by atoms with Gasteiger partial charge in [-0.2, -0.15) is 0 Å². The summed E-state index contributed by atoms with van der Waals surface area (Å²) in [5.41, 5.74) is 0. The smallest absolute Gasteiger partial charge is 0.214 e. The number of nitrogens with one attached hydrogen (secondary N) is 1. The van der Waals surface area contributed by atoms with Crippen molar-refractivity contribution in [1.82, 2.24) is 9.62 Å². The minimum Gasteiger partial charge on any atom is -0.317 e. The van der Waals surface area contributed by atoms with Gasteiger partial charge in [0, 0.05) is 13.1 Å². The molecule has 1 aliphatic rings. The van der Waals surface area contributed by atoms with E-state index >= 15 is 0 Å². The molecule has 0 aromatic heterocycles. The lowest BCUT2D eigenvalue weighted by Crippen LogP contribution is -2.38. The van der Waals surface area contributed by atoms with E-state index in [-0.39, 0.29) is 0 Å². The number of unbranched alkanes of at least 4 members (excludes halogenated alkanes) is 1. The van der Waals surface area contributed by atoms with Crippen LogP contribution >= 0.6 is 0 Å². The van der Waals surface area contributed by atoms with E-state index < -0.39 is 10.0 Å². The molecule has 0 unspecified atom stereocenters. The Morgan fingerprint density at radius 1 is 1.22 bits per heavy atom. The summed E-state index contributed by atoms with van der Waals surface area (Å²) in [6, 6.07) is 0. The summed E-state index contributed by atoms with van der Waals surface area (Å²) >= 11 is 0. The molecule has 0 aromatic carbocycles. The van der Waals surface area contributed by atoms with Crippen LogP contribution in [0.3, 0.4) is 0 Å². The standard InChI is InChI=1S/C13H28N2O2S/c1-3-14-10-5-6-11-18(16,17)15(4-2)12-13-8-7-9-13/h13-14H,3-12H2,1-2H3. The van der Waals surface area contributed by atoms with Crippen LogP contribution in [0.4, 0.5) is 0 Å². The zero-order chi connectivity index (χ0) is 13.4. The Morgan fingerprint density at radius 3 is 2.44 bits per heavy atom. The molecule has 0 amide bonds. The molecule has 0 aliphatic heterocycles. The zero-order valence-corrected chi connectivity index (χ0v) is 12.6. The van der Waals surface area contributed by atoms with Crippen LogP contribution in [-0.4, -0.2) is 44.7 Å². The number of hydrogen-bond donors (Lipinski definition) is 1. The quantitative estimate of drug-likeness (QED) is 0.619. The van der Waals surface area contributed by atoms with E-state index in [9.17, 15) is 8.42 Å². The molecular weight excluding hydrogens is 248 g/mol. The molecule has 5 heteroatoms. The maximum atomic E-state index is 12.2. The molecule has 0 radical (unpaired) electrons. The fourth-order valence-electron chi connectivity index (χ4n) is 2.24. The Bertz CT molecular complexity index is 313. The largest absolute Gasteiger partial charge is 0.317 e. The van der Waals surface area contributed by atoms with E-state index in [4.69, 9.17) is 0 Å². The summed E-state index contributed by atoms with van der Waals surface area (Å²) < 4.78 is 26.0. The second-order valence-corrected chi connectivity index (χ2v) is 7.21. The van der Waals surface area contributed by atoms with Crippen molar-refractivity contribution in [3.63, 3.8) is 0 Å². The number of hydrogen-bond acceptors (Lipinski definition) is 3. The maximum Gasteiger partial charge on any atom is 0.214 e. The van der Waals surface area contributed by atoms with E-state index in [0.29, 0.717) is 18.2 Å². The van der Waals surface area contributed by atoms with Crippen molar-refractivity contribution in [1.29, 1.82) is 0 Å². The molecule has 0 aromatic rings. The summed E-state index contributed by atoms with van der Waals surface area (Å²) in [6.07, 6.45) is 5.37. The highest BCUT2D eigenvalue weighted by molar-refractivity contribution is 7.89. The fraction of sp³-hybridized carbons (Fsp3) is 1.00. The molecule has 0 heterocycles. The highest BCUT2D eigenvalue weighted by Crippen LogP contribution is 2.27. The lowest BCUT2D eigenvalue weighted by molar-refractivity contribution is 0.250. The van der Waals surface area contributed by atoms with Gasteiger partial charge < -0.3 is 5.32 Å². The van der Waals surface area contributed by atoms with Crippen molar-refractivity contribution in [2.75, 3.05) is 31.9 Å². The lowest BCUT2D eigenvalue weighted by atomic mass is 9.85. The summed E-state index contributed by atoms with van der Waals surface area (Å²) in [5.74, 6) is 0.917. The highest BCUT2D eigenvalue weighted by atomic mass is 32.2. The number of nitrogens with zero attached hydrogens (tertiary/aromatic N) is 1. The van der Waals surface area contributed by atoms with Crippen LogP contribution in [0.25, 0.3) is 0 Å². The minimum absolute atomic E-state index is 0.305. The van der Waals surface area contributed by atoms with Gasteiger partial charge in [-0.05, 0) is 44.7 Å². The van der Waals surface area contributed by atoms with Crippen molar-refractivity contribution >= 4 is 10.0 Å². The van der Waals surface area contributed by atoms with E-state index in [0.717, 1.165) is 32.5 Å². The Morgan fingerprint density at radius 2 is 1.94 bits per heavy atom. The topological polar surface area (TPSA) is 49.4 Å². The Labute approximate surface area is 112 Å². The molecule has 1 N–H and O–H groups in total. The first-order chi connectivity index (χ1) is 8.60. The van der Waals surface area contributed by atoms with Crippen molar-refractivity contribution in [3.05, 3.63) is 0 Å². The van der Waals surface area contributed by atoms with Crippen LogP contribution in [-0.2, 0) is 10.0 Å². The van der Waals surface area contributed by atoms with Crippen LogP contribution in [0, 0.1) is 5.92 Å². The van der Waals surface area contributed by atoms with Crippen molar-refractivity contribution in [2.24, 2.45) is 5.92 Å². The van der Waals surface area contributed by atoms with Gasteiger partial charge in [-0.15, -0.1) is 0 Å². The van der Waals surface area contributed by atoms with Gasteiger partial charge in [0.25, 0.3) is 0 Å². The van der Waals surface area contributed by atoms with E-state index in [2.05, 4.69) is 12.2 Å². The van der Waals surface area contributed by atoms with Crippen molar-refractivity contribution < 1.29 is 8.42 Å². The lowest BCUT2D eigenvalue weighted by Gasteiger charge is -2.31. The fourth-order valence-corrected chi connectivity index (χ4v) is 3.90. The maximum absolute atomic E-state index is 12.2. The Kier molecular flexibility index (Phi) is 7.19. The average molecular weight is 276 g/mol. The van der Waals surface area contributed by atoms with Gasteiger partial charge in [-0.3, -0.25) is 0 Å². The van der Waals surface area contributed by atoms with Crippen LogP contribution in [0.1, 0.15) is 46.0 Å². The summed E-state index contributed by atoms with van der Waals surface area (Å²) in [4.78, 5) is 0. The molecule has 0 saturated heterocycles. The summed E-state index contributed by atoms with van der Waals surface area (Å²) in [7, 11) is -3.03. The zero-order valence-electron chi connectivity index (χ0n) is 11.8. The van der Waals surface area contributed by atoms with Crippen LogP contribution in [0.5, 0.6) is 0 Å². The predicted molar refractivity (Wildman–Crippen MR) is 76.2 cm³/mol. The second kappa shape index (κ2) is 8.12. The molecule has 108 valence electrons. The molecule has 0 bridgehead atoms. The van der Waals surface area contributed by atoms with Crippen LogP contribution < -0.4 is 5.32 Å². The van der Waals surface area contributed by atoms with Gasteiger partial charge in [0.1, 0.15) is 0 Å². The summed E-state index contributed by atoms with van der Waals surface area (Å²) in [6.45, 7) is 7.23. The van der Waals surface area contributed by atoms with Crippen LogP contribution in [0.2, 0.25) is 0 Å². The Hall–Kier alpha value is -0.130. The molecule has 0 atom stereocenters. The molecule has 0 spiro atoms. The number of sulfonamides is 1. The average Bonchev–Trinajstić information content (AvgIpc) is 2.27. The minimum atomic E-state index is -3.03. The Balaban J connectivity index is 2.29. The van der Waals surface area contributed by atoms with Gasteiger partial charge in [0.2, 0.25) is 10.0 Å². The first-order valence-electron chi connectivity index (χ1n) is 7.28. The monoisotopic (exact) mass is 276 g/mol. The molecule has 1 rings (SSSR count). The van der Waals surface area contributed by atoms with E-state index in [1.54, 1.807) is 4.31 Å². The van der Waals surface area contributed by atoms with Crippen molar-refractivity contribution in [2.45, 2.75) is 46.0 Å². The first kappa shape index (κ1) is 15.9. The third kappa shape index (κ3) is 5.24. The molecule has 4 nitrogen and oxygen atoms in total. The van der Waals surface area contributed by atoms with Gasteiger partial charge >= 0.3 is 0 Å². The van der Waals surface area contributed by atoms with Gasteiger partial charge in [-0.1, -0.05) is 20.3 Å². The normalized spacial score (nSPS) is 17.1. The second-order valence-electron chi connectivity index (χ2n) is 5.12. The third-order valence-corrected chi connectivity index (χ3v) is 5.69. The number of rotatable bonds is 10. The van der Waals surface area contributed by atoms with E-state index in [1.807, 2.05) is 6.92 Å². The predicted octanol–water partition coefficient (Wildman–Crippen LogP) is 1.83. The molecular formula is C13H28N2O2S. The molecule has 1 fully saturated rings. The van der Waals surface area contributed by atoms with Crippen molar-refractivity contribution in [3.8, 4) is 0 Å². The highest BCUT2D eigenvalue weighted by Gasteiger charge is 2.26. The third-order valence-electron chi connectivity index (χ3n) is 3.69. The van der Waals surface area contributed by atoms with Gasteiger partial charge in [-0.25, -0.2) is 12.7 Å².